The number of hydrogen-bond donors (Lipinski definition) is 1. The van der Waals surface area contributed by atoms with Crippen molar-refractivity contribution >= 4 is 27.5 Å². The third-order valence-corrected chi connectivity index (χ3v) is 8.99. The van der Waals surface area contributed by atoms with E-state index in [1.54, 1.807) is 36.4 Å². The lowest BCUT2D eigenvalue weighted by Gasteiger charge is -2.33. The maximum Gasteiger partial charge on any atom is 0.264 e. The van der Waals surface area contributed by atoms with Gasteiger partial charge in [-0.05, 0) is 61.4 Å². The van der Waals surface area contributed by atoms with Gasteiger partial charge in [0.05, 0.1) is 17.7 Å². The van der Waals surface area contributed by atoms with Crippen LogP contribution in [0.2, 0.25) is 0 Å². The van der Waals surface area contributed by atoms with Crippen LogP contribution in [-0.4, -0.2) is 51.9 Å². The molecule has 224 valence electrons. The monoisotopic (exact) mass is 599 g/mol. The maximum atomic E-state index is 14.3. The molecule has 0 aliphatic heterocycles. The van der Waals surface area contributed by atoms with Crippen LogP contribution in [-0.2, 0) is 32.6 Å². The highest BCUT2D eigenvalue weighted by atomic mass is 32.2. The average Bonchev–Trinajstić information content (AvgIpc) is 3.02. The maximum absolute atomic E-state index is 14.3. The molecule has 4 rings (SSSR count). The number of likely N-dealkylation sites (N-methyl/N-ethyl adjacent to an activating group) is 1. The zero-order valence-electron chi connectivity index (χ0n) is 24.9. The van der Waals surface area contributed by atoms with Crippen molar-refractivity contribution in [2.75, 3.05) is 25.0 Å². The first-order valence-corrected chi connectivity index (χ1v) is 15.4. The summed E-state index contributed by atoms with van der Waals surface area (Å²) >= 11 is 0. The number of aryl methyl sites for hydroxylation is 2. The van der Waals surface area contributed by atoms with Crippen molar-refractivity contribution in [3.05, 3.63) is 125 Å². The summed E-state index contributed by atoms with van der Waals surface area (Å²) in [5.74, 6) is -0.314. The topological polar surface area (TPSA) is 96.0 Å². The van der Waals surface area contributed by atoms with Crippen molar-refractivity contribution in [2.45, 2.75) is 37.8 Å². The number of nitrogens with zero attached hydrogens (tertiary/aromatic N) is 2. The molecule has 0 aliphatic carbocycles. The van der Waals surface area contributed by atoms with Crippen molar-refractivity contribution < 1.29 is 22.7 Å². The molecule has 0 aliphatic rings. The highest BCUT2D eigenvalue weighted by molar-refractivity contribution is 7.92. The number of sulfonamides is 1. The molecule has 0 bridgehead atoms. The molecule has 8 nitrogen and oxygen atoms in total. The van der Waals surface area contributed by atoms with Gasteiger partial charge in [0.2, 0.25) is 11.8 Å². The summed E-state index contributed by atoms with van der Waals surface area (Å²) in [6, 6.07) is 29.2. The Bertz CT molecular complexity index is 1640. The molecule has 0 fully saturated rings. The zero-order chi connectivity index (χ0) is 31.0. The van der Waals surface area contributed by atoms with Gasteiger partial charge in [0.25, 0.3) is 10.0 Å². The van der Waals surface area contributed by atoms with E-state index in [9.17, 15) is 18.0 Å². The molecular formula is C34H37N3O5S. The number of amides is 2. The Morgan fingerprint density at radius 1 is 0.814 bits per heavy atom. The van der Waals surface area contributed by atoms with E-state index in [-0.39, 0.29) is 23.8 Å². The normalized spacial score (nSPS) is 11.8. The van der Waals surface area contributed by atoms with Gasteiger partial charge in [-0.3, -0.25) is 13.9 Å². The zero-order valence-corrected chi connectivity index (χ0v) is 25.7. The first-order valence-electron chi connectivity index (χ1n) is 14.0. The Balaban J connectivity index is 1.79. The van der Waals surface area contributed by atoms with Crippen LogP contribution in [0.15, 0.2) is 108 Å². The summed E-state index contributed by atoms with van der Waals surface area (Å²) in [5, 5.41) is 2.70. The molecule has 0 radical (unpaired) electrons. The number of methoxy groups -OCH3 is 1. The number of anilines is 1. The van der Waals surface area contributed by atoms with Crippen LogP contribution in [0.25, 0.3) is 0 Å². The fourth-order valence-electron chi connectivity index (χ4n) is 4.84. The molecule has 0 unspecified atom stereocenters. The summed E-state index contributed by atoms with van der Waals surface area (Å²) in [4.78, 5) is 29.2. The van der Waals surface area contributed by atoms with Crippen molar-refractivity contribution in [3.8, 4) is 5.75 Å². The number of rotatable bonds is 12. The van der Waals surface area contributed by atoms with Gasteiger partial charge in [0.1, 0.15) is 18.3 Å². The Kier molecular flexibility index (Phi) is 10.2. The van der Waals surface area contributed by atoms with Crippen LogP contribution in [0.5, 0.6) is 5.75 Å². The highest BCUT2D eigenvalue weighted by Crippen LogP contribution is 2.27. The van der Waals surface area contributed by atoms with E-state index in [1.807, 2.05) is 68.4 Å². The van der Waals surface area contributed by atoms with E-state index < -0.39 is 28.5 Å². The number of carbonyl (C=O) groups is 2. The molecular weight excluding hydrogens is 562 g/mol. The molecule has 0 saturated heterocycles. The van der Waals surface area contributed by atoms with Crippen LogP contribution in [0, 0.1) is 13.8 Å². The van der Waals surface area contributed by atoms with Gasteiger partial charge in [-0.1, -0.05) is 77.9 Å². The lowest BCUT2D eigenvalue weighted by atomic mass is 10.0. The van der Waals surface area contributed by atoms with Gasteiger partial charge in [-0.2, -0.15) is 0 Å². The van der Waals surface area contributed by atoms with Crippen LogP contribution in [0.1, 0.15) is 22.3 Å². The Hall–Kier alpha value is -4.63. The Labute approximate surface area is 254 Å². The number of carbonyl (C=O) groups excluding carboxylic acids is 2. The standard InChI is InChI=1S/C34H37N3O5S/c1-25-13-19-31(20-14-25)43(40,41)37(29-15-17-30(42-4)18-16-29)24-33(38)36(23-28-12-8-9-26(2)21-28)32(34(39)35-3)22-27-10-6-5-7-11-27/h5-21,32H,22-24H2,1-4H3,(H,35,39)/t32-/m0/s1. The first-order chi connectivity index (χ1) is 20.6. The summed E-state index contributed by atoms with van der Waals surface area (Å²) in [6.45, 7) is 3.43. The van der Waals surface area contributed by atoms with Crippen LogP contribution in [0.4, 0.5) is 5.69 Å². The minimum atomic E-state index is -4.16. The van der Waals surface area contributed by atoms with E-state index >= 15 is 0 Å². The van der Waals surface area contributed by atoms with E-state index in [0.717, 1.165) is 26.6 Å². The van der Waals surface area contributed by atoms with Gasteiger partial charge >= 0.3 is 0 Å². The number of ether oxygens (including phenoxy) is 1. The van der Waals surface area contributed by atoms with E-state index in [0.29, 0.717) is 11.4 Å². The SMILES string of the molecule is CNC(=O)[C@H](Cc1ccccc1)N(Cc1cccc(C)c1)C(=O)CN(c1ccc(OC)cc1)S(=O)(=O)c1ccc(C)cc1. The molecule has 4 aromatic carbocycles. The molecule has 0 aromatic heterocycles. The lowest BCUT2D eigenvalue weighted by Crippen LogP contribution is -2.53. The molecule has 0 saturated carbocycles. The fourth-order valence-corrected chi connectivity index (χ4v) is 6.26. The largest absolute Gasteiger partial charge is 0.497 e. The van der Waals surface area contributed by atoms with Crippen LogP contribution in [0.3, 0.4) is 0 Å². The van der Waals surface area contributed by atoms with Gasteiger partial charge in [-0.15, -0.1) is 0 Å². The van der Waals surface area contributed by atoms with Crippen molar-refractivity contribution in [3.63, 3.8) is 0 Å². The minimum Gasteiger partial charge on any atom is -0.497 e. The summed E-state index contributed by atoms with van der Waals surface area (Å²) in [7, 11) is -1.11. The van der Waals surface area contributed by atoms with E-state index in [4.69, 9.17) is 4.74 Å². The first kappa shape index (κ1) is 31.3. The Morgan fingerprint density at radius 3 is 2.07 bits per heavy atom. The quantitative estimate of drug-likeness (QED) is 0.250. The lowest BCUT2D eigenvalue weighted by molar-refractivity contribution is -0.139. The molecule has 1 N–H and O–H groups in total. The third-order valence-electron chi connectivity index (χ3n) is 7.20. The Morgan fingerprint density at radius 2 is 1.47 bits per heavy atom. The van der Waals surface area contributed by atoms with Crippen molar-refractivity contribution in [2.24, 2.45) is 0 Å². The smallest absolute Gasteiger partial charge is 0.264 e. The molecule has 4 aromatic rings. The molecule has 43 heavy (non-hydrogen) atoms. The second-order valence-electron chi connectivity index (χ2n) is 10.4. The molecule has 0 heterocycles. The second kappa shape index (κ2) is 14.0. The van der Waals surface area contributed by atoms with Crippen LogP contribution >= 0.6 is 0 Å². The molecule has 9 heteroatoms. The van der Waals surface area contributed by atoms with Crippen LogP contribution < -0.4 is 14.4 Å². The summed E-state index contributed by atoms with van der Waals surface area (Å²) in [6.07, 6.45) is 0.255. The van der Waals surface area contributed by atoms with E-state index in [1.165, 1.54) is 31.2 Å². The van der Waals surface area contributed by atoms with Gasteiger partial charge in [-0.25, -0.2) is 8.42 Å². The van der Waals surface area contributed by atoms with E-state index in [2.05, 4.69) is 5.32 Å². The predicted molar refractivity (Wildman–Crippen MR) is 168 cm³/mol. The van der Waals surface area contributed by atoms with Crippen molar-refractivity contribution in [1.29, 1.82) is 0 Å². The number of benzene rings is 4. The molecule has 0 spiro atoms. The average molecular weight is 600 g/mol. The summed E-state index contributed by atoms with van der Waals surface area (Å²) < 4.78 is 34.5. The number of hydrogen-bond acceptors (Lipinski definition) is 5. The van der Waals surface area contributed by atoms with Gasteiger partial charge < -0.3 is 15.0 Å². The highest BCUT2D eigenvalue weighted by Gasteiger charge is 2.34. The molecule has 2 amide bonds. The van der Waals surface area contributed by atoms with Gasteiger partial charge in [0.15, 0.2) is 0 Å². The predicted octanol–water partition coefficient (Wildman–Crippen LogP) is 4.89. The van der Waals surface area contributed by atoms with Gasteiger partial charge in [0, 0.05) is 20.0 Å². The van der Waals surface area contributed by atoms with Crippen molar-refractivity contribution in [1.82, 2.24) is 10.2 Å². The minimum absolute atomic E-state index is 0.0547. The second-order valence-corrected chi connectivity index (χ2v) is 12.2. The summed E-state index contributed by atoms with van der Waals surface area (Å²) in [5.41, 5.74) is 3.91. The number of nitrogens with one attached hydrogen (secondary N) is 1. The fraction of sp³-hybridized carbons (Fsp3) is 0.235. The third kappa shape index (κ3) is 7.81. The molecule has 1 atom stereocenters.